The molecule has 0 bridgehead atoms. The van der Waals surface area contributed by atoms with Gasteiger partial charge in [0.1, 0.15) is 0 Å². The van der Waals surface area contributed by atoms with Crippen molar-refractivity contribution in [3.8, 4) is 5.69 Å². The van der Waals surface area contributed by atoms with Crippen LogP contribution in [0.2, 0.25) is 10.0 Å². The van der Waals surface area contributed by atoms with Crippen molar-refractivity contribution < 1.29 is 14.3 Å². The Bertz CT molecular complexity index is 1030. The third-order valence-electron chi connectivity index (χ3n) is 4.20. The third kappa shape index (κ3) is 4.38. The highest BCUT2D eigenvalue weighted by Crippen LogP contribution is 2.25. The lowest BCUT2D eigenvalue weighted by atomic mass is 10.2. The zero-order valence-electron chi connectivity index (χ0n) is 15.3. The fourth-order valence-electron chi connectivity index (χ4n) is 2.92. The standard InChI is InChI=1S/C21H18Cl2N2O3/c1-13-10-17(14(2)25(13)16-6-4-3-5-7-16)21(27)28-12-20(26)24-15-8-9-18(22)19(23)11-15/h3-11H,12H2,1-2H3,(H,24,26). The molecule has 0 saturated carbocycles. The zero-order chi connectivity index (χ0) is 20.3. The first kappa shape index (κ1) is 20.0. The summed E-state index contributed by atoms with van der Waals surface area (Å²) in [6.45, 7) is 3.34. The summed E-state index contributed by atoms with van der Waals surface area (Å²) >= 11 is 11.8. The number of amides is 1. The number of nitrogens with one attached hydrogen (secondary N) is 1. The number of aromatic nitrogens is 1. The molecule has 0 radical (unpaired) electrons. The van der Waals surface area contributed by atoms with Crippen molar-refractivity contribution in [2.24, 2.45) is 0 Å². The van der Waals surface area contributed by atoms with Crippen LogP contribution in [-0.2, 0) is 9.53 Å². The molecule has 144 valence electrons. The molecular weight excluding hydrogens is 399 g/mol. The molecule has 3 rings (SSSR count). The molecule has 7 heteroatoms. The van der Waals surface area contributed by atoms with Gasteiger partial charge in [0.05, 0.1) is 15.6 Å². The molecule has 28 heavy (non-hydrogen) atoms. The minimum atomic E-state index is -0.556. The van der Waals surface area contributed by atoms with Gasteiger partial charge in [-0.1, -0.05) is 41.4 Å². The Kier molecular flexibility index (Phi) is 6.07. The van der Waals surface area contributed by atoms with E-state index >= 15 is 0 Å². The Balaban J connectivity index is 1.67. The number of ether oxygens (including phenoxy) is 1. The molecule has 0 aliphatic rings. The van der Waals surface area contributed by atoms with Gasteiger partial charge in [-0.15, -0.1) is 0 Å². The molecule has 0 unspecified atom stereocenters. The maximum absolute atomic E-state index is 12.5. The number of carbonyl (C=O) groups excluding carboxylic acids is 2. The molecule has 0 aliphatic carbocycles. The lowest BCUT2D eigenvalue weighted by Gasteiger charge is -2.10. The quantitative estimate of drug-likeness (QED) is 0.581. The first-order valence-corrected chi connectivity index (χ1v) is 9.29. The minimum Gasteiger partial charge on any atom is -0.452 e. The fourth-order valence-corrected chi connectivity index (χ4v) is 3.22. The number of hydrogen-bond donors (Lipinski definition) is 1. The molecule has 0 saturated heterocycles. The van der Waals surface area contributed by atoms with Gasteiger partial charge in [-0.25, -0.2) is 4.79 Å². The average Bonchev–Trinajstić information content (AvgIpc) is 2.98. The normalized spacial score (nSPS) is 10.6. The Labute approximate surface area is 172 Å². The number of benzene rings is 2. The van der Waals surface area contributed by atoms with Gasteiger partial charge in [-0.05, 0) is 50.2 Å². The Morgan fingerprint density at radius 2 is 1.71 bits per heavy atom. The summed E-state index contributed by atoms with van der Waals surface area (Å²) in [6, 6.07) is 16.2. The average molecular weight is 417 g/mol. The number of aryl methyl sites for hydroxylation is 1. The van der Waals surface area contributed by atoms with Crippen LogP contribution in [0.4, 0.5) is 5.69 Å². The van der Waals surface area contributed by atoms with E-state index in [-0.39, 0.29) is 0 Å². The number of carbonyl (C=O) groups is 2. The molecule has 1 heterocycles. The van der Waals surface area contributed by atoms with E-state index in [1.54, 1.807) is 18.2 Å². The van der Waals surface area contributed by atoms with Crippen molar-refractivity contribution >= 4 is 40.8 Å². The molecule has 1 aromatic heterocycles. The maximum Gasteiger partial charge on any atom is 0.340 e. The van der Waals surface area contributed by atoms with Crippen LogP contribution >= 0.6 is 23.2 Å². The first-order chi connectivity index (χ1) is 13.4. The second-order valence-corrected chi connectivity index (χ2v) is 7.02. The number of nitrogens with zero attached hydrogens (tertiary/aromatic N) is 1. The van der Waals surface area contributed by atoms with Crippen molar-refractivity contribution in [3.63, 3.8) is 0 Å². The van der Waals surface area contributed by atoms with Gasteiger partial charge in [0.25, 0.3) is 5.91 Å². The van der Waals surface area contributed by atoms with Gasteiger partial charge < -0.3 is 14.6 Å². The van der Waals surface area contributed by atoms with Gasteiger partial charge in [0, 0.05) is 22.8 Å². The van der Waals surface area contributed by atoms with E-state index in [1.807, 2.05) is 48.7 Å². The summed E-state index contributed by atoms with van der Waals surface area (Å²) in [5, 5.41) is 3.32. The van der Waals surface area contributed by atoms with Crippen LogP contribution in [0.3, 0.4) is 0 Å². The van der Waals surface area contributed by atoms with Gasteiger partial charge in [0.2, 0.25) is 0 Å². The first-order valence-electron chi connectivity index (χ1n) is 8.53. The summed E-state index contributed by atoms with van der Waals surface area (Å²) in [5.41, 5.74) is 3.49. The molecule has 3 aromatic rings. The van der Waals surface area contributed by atoms with E-state index in [2.05, 4.69) is 5.32 Å². The van der Waals surface area contributed by atoms with E-state index in [1.165, 1.54) is 6.07 Å². The number of halogens is 2. The van der Waals surface area contributed by atoms with E-state index in [4.69, 9.17) is 27.9 Å². The number of hydrogen-bond acceptors (Lipinski definition) is 3. The Morgan fingerprint density at radius 3 is 2.39 bits per heavy atom. The number of rotatable bonds is 5. The fraction of sp³-hybridized carbons (Fsp3) is 0.143. The van der Waals surface area contributed by atoms with Gasteiger partial charge in [0.15, 0.2) is 6.61 Å². The smallest absolute Gasteiger partial charge is 0.340 e. The molecule has 1 N–H and O–H groups in total. The summed E-state index contributed by atoms with van der Waals surface area (Å²) in [7, 11) is 0. The summed E-state index contributed by atoms with van der Waals surface area (Å²) < 4.78 is 7.14. The van der Waals surface area contributed by atoms with E-state index in [0.717, 1.165) is 17.1 Å². The maximum atomic E-state index is 12.5. The molecule has 0 atom stereocenters. The molecule has 2 aromatic carbocycles. The van der Waals surface area contributed by atoms with E-state index in [9.17, 15) is 9.59 Å². The monoisotopic (exact) mass is 416 g/mol. The van der Waals surface area contributed by atoms with Crippen LogP contribution in [0.1, 0.15) is 21.7 Å². The van der Waals surface area contributed by atoms with Crippen LogP contribution in [0.5, 0.6) is 0 Å². The lowest BCUT2D eigenvalue weighted by molar-refractivity contribution is -0.119. The van der Waals surface area contributed by atoms with Crippen LogP contribution in [0.25, 0.3) is 5.69 Å². The van der Waals surface area contributed by atoms with Crippen molar-refractivity contribution in [1.29, 1.82) is 0 Å². The molecule has 5 nitrogen and oxygen atoms in total. The third-order valence-corrected chi connectivity index (χ3v) is 4.94. The second-order valence-electron chi connectivity index (χ2n) is 6.21. The molecule has 0 spiro atoms. The SMILES string of the molecule is Cc1cc(C(=O)OCC(=O)Nc2ccc(Cl)c(Cl)c2)c(C)n1-c1ccccc1. The van der Waals surface area contributed by atoms with Crippen LogP contribution in [0.15, 0.2) is 54.6 Å². The van der Waals surface area contributed by atoms with Gasteiger partial charge in [-0.3, -0.25) is 4.79 Å². The van der Waals surface area contributed by atoms with Gasteiger partial charge in [-0.2, -0.15) is 0 Å². The summed E-state index contributed by atoms with van der Waals surface area (Å²) in [6.07, 6.45) is 0. The van der Waals surface area contributed by atoms with Crippen molar-refractivity contribution in [3.05, 3.63) is 81.6 Å². The van der Waals surface area contributed by atoms with Crippen molar-refractivity contribution in [1.82, 2.24) is 4.57 Å². The highest BCUT2D eigenvalue weighted by atomic mass is 35.5. The molecular formula is C21H18Cl2N2O3. The number of para-hydroxylation sites is 1. The van der Waals surface area contributed by atoms with E-state index < -0.39 is 18.5 Å². The molecule has 0 fully saturated rings. The van der Waals surface area contributed by atoms with Crippen molar-refractivity contribution in [2.45, 2.75) is 13.8 Å². The van der Waals surface area contributed by atoms with E-state index in [0.29, 0.717) is 21.3 Å². The Morgan fingerprint density at radius 1 is 1.00 bits per heavy atom. The highest BCUT2D eigenvalue weighted by molar-refractivity contribution is 6.42. The number of anilines is 1. The summed E-state index contributed by atoms with van der Waals surface area (Å²) in [5.74, 6) is -1.02. The molecule has 0 aliphatic heterocycles. The van der Waals surface area contributed by atoms with Crippen molar-refractivity contribution in [2.75, 3.05) is 11.9 Å². The predicted octanol–water partition coefficient (Wildman–Crippen LogP) is 5.20. The van der Waals surface area contributed by atoms with Crippen LogP contribution in [-0.4, -0.2) is 23.1 Å². The largest absolute Gasteiger partial charge is 0.452 e. The number of esters is 1. The minimum absolute atomic E-state index is 0.324. The van der Waals surface area contributed by atoms with Crippen LogP contribution < -0.4 is 5.32 Å². The highest BCUT2D eigenvalue weighted by Gasteiger charge is 2.19. The second kappa shape index (κ2) is 8.50. The lowest BCUT2D eigenvalue weighted by Crippen LogP contribution is -2.21. The zero-order valence-corrected chi connectivity index (χ0v) is 16.8. The summed E-state index contributed by atoms with van der Waals surface area (Å²) in [4.78, 5) is 24.5. The molecule has 1 amide bonds. The predicted molar refractivity (Wildman–Crippen MR) is 111 cm³/mol. The Hall–Kier alpha value is -2.76. The topological polar surface area (TPSA) is 60.3 Å². The van der Waals surface area contributed by atoms with Crippen LogP contribution in [0, 0.1) is 13.8 Å². The van der Waals surface area contributed by atoms with Gasteiger partial charge >= 0.3 is 5.97 Å².